The number of esters is 4. The number of carbonyl (C=O) groups is 6. The third-order valence-electron chi connectivity index (χ3n) is 3.40. The lowest BCUT2D eigenvalue weighted by Crippen LogP contribution is -2.56. The molecule has 212 valence electrons. The molecule has 0 amide bonds. The molecule has 0 aliphatic rings. The zero-order valence-electron chi connectivity index (χ0n) is 19.8. The smallest absolute Gasteiger partial charge is 0.462 e. The summed E-state index contributed by atoms with van der Waals surface area (Å²) in [5.41, 5.74) is 0. The lowest BCUT2D eigenvalue weighted by Gasteiger charge is -2.30. The highest BCUT2D eigenvalue weighted by Gasteiger charge is 2.56. The Morgan fingerprint density at radius 3 is 1.32 bits per heavy atom. The van der Waals surface area contributed by atoms with E-state index in [9.17, 15) is 28.8 Å². The maximum Gasteiger partial charge on any atom is 0.825 e. The lowest BCUT2D eigenvalue weighted by atomic mass is 10.4. The minimum absolute atomic E-state index is 0.269. The number of hydrogen-bond acceptors (Lipinski definition) is 18. The average molecular weight is 625 g/mol. The van der Waals surface area contributed by atoms with E-state index in [2.05, 4.69) is 50.5 Å². The summed E-state index contributed by atoms with van der Waals surface area (Å²) in [6.07, 6.45) is -2.65. The molecule has 0 fully saturated rings. The van der Waals surface area contributed by atoms with Gasteiger partial charge in [0, 0.05) is 13.8 Å². The van der Waals surface area contributed by atoms with Gasteiger partial charge in [-0.3, -0.25) is 28.8 Å². The largest absolute Gasteiger partial charge is 0.825 e. The number of rotatable bonds is 18. The fraction of sp³-hybridized carbons (Fsp3) is 0.667. The van der Waals surface area contributed by atoms with Gasteiger partial charge in [0.2, 0.25) is 0 Å². The molecule has 14 nitrogen and oxygen atoms in total. The van der Waals surface area contributed by atoms with Crippen LogP contribution in [0.1, 0.15) is 13.8 Å². The van der Waals surface area contributed by atoms with Crippen molar-refractivity contribution in [1.82, 2.24) is 0 Å². The summed E-state index contributed by atoms with van der Waals surface area (Å²) in [6.45, 7) is -0.365. The van der Waals surface area contributed by atoms with Crippen LogP contribution in [-0.4, -0.2) is 107 Å². The maximum atomic E-state index is 11.9. The van der Waals surface area contributed by atoms with E-state index < -0.39 is 83.5 Å². The van der Waals surface area contributed by atoms with Gasteiger partial charge in [-0.1, -0.05) is 0 Å². The van der Waals surface area contributed by atoms with Crippen LogP contribution in [0.25, 0.3) is 0 Å². The molecule has 0 rings (SSSR count). The summed E-state index contributed by atoms with van der Waals surface area (Å²) in [7, 11) is -4.82. The molecule has 0 saturated heterocycles. The number of carbonyl (C=O) groups excluding carboxylic acids is 6. The third kappa shape index (κ3) is 16.7. The van der Waals surface area contributed by atoms with Gasteiger partial charge in [0.05, 0.1) is 29.6 Å². The van der Waals surface area contributed by atoms with Gasteiger partial charge >= 0.3 is 32.9 Å². The summed E-state index contributed by atoms with van der Waals surface area (Å²) in [4.78, 5) is 70.1. The van der Waals surface area contributed by atoms with E-state index in [1.807, 2.05) is 0 Å². The normalized spacial score (nSPS) is 11.8. The average Bonchev–Trinajstić information content (AvgIpc) is 2.85. The van der Waals surface area contributed by atoms with Crippen LogP contribution in [0.5, 0.6) is 0 Å². The zero-order valence-corrected chi connectivity index (χ0v) is 24.4. The Hall–Kier alpha value is -1.64. The predicted octanol–water partition coefficient (Wildman–Crippen LogP) is -0.789. The second-order valence-electron chi connectivity index (χ2n) is 6.53. The summed E-state index contributed by atoms with van der Waals surface area (Å²) in [6, 6.07) is 0. The minimum Gasteiger partial charge on any atom is -0.462 e. The molecule has 0 aliphatic carbocycles. The van der Waals surface area contributed by atoms with Gasteiger partial charge in [0.25, 0.3) is 11.9 Å². The Balaban J connectivity index is 5.99. The van der Waals surface area contributed by atoms with Crippen LogP contribution in [0.3, 0.4) is 0 Å². The predicted molar refractivity (Wildman–Crippen MR) is 138 cm³/mol. The van der Waals surface area contributed by atoms with E-state index in [1.165, 1.54) is 0 Å². The van der Waals surface area contributed by atoms with Crippen molar-refractivity contribution < 1.29 is 65.4 Å². The highest BCUT2D eigenvalue weighted by molar-refractivity contribution is 7.81. The van der Waals surface area contributed by atoms with Crippen molar-refractivity contribution in [3.05, 3.63) is 0 Å². The van der Waals surface area contributed by atoms with Crippen molar-refractivity contribution in [3.8, 4) is 0 Å². The van der Waals surface area contributed by atoms with Crippen LogP contribution >= 0.6 is 50.5 Å². The van der Waals surface area contributed by atoms with Crippen LogP contribution in [0.2, 0.25) is 0 Å². The second kappa shape index (κ2) is 19.4. The topological polar surface area (TPSA) is 176 Å². The van der Waals surface area contributed by atoms with Gasteiger partial charge < -0.3 is 36.7 Å². The zero-order chi connectivity index (χ0) is 28.4. The Labute approximate surface area is 235 Å². The maximum absolute atomic E-state index is 11.9. The van der Waals surface area contributed by atoms with Crippen LogP contribution in [-0.2, 0) is 65.4 Å². The van der Waals surface area contributed by atoms with E-state index in [-0.39, 0.29) is 23.0 Å². The molecule has 0 aromatic heterocycles. The first-order chi connectivity index (χ1) is 17.4. The molecular formula is C18H28O14S4Si. The van der Waals surface area contributed by atoms with E-state index in [0.717, 1.165) is 13.8 Å². The van der Waals surface area contributed by atoms with Crippen LogP contribution in [0, 0.1) is 0 Å². The molecule has 0 bridgehead atoms. The molecule has 0 aromatic carbocycles. The summed E-state index contributed by atoms with van der Waals surface area (Å²) < 4.78 is 41.2. The minimum atomic E-state index is -4.82. The summed E-state index contributed by atoms with van der Waals surface area (Å²) >= 11 is 15.1. The molecule has 1 atom stereocenters. The van der Waals surface area contributed by atoms with Crippen molar-refractivity contribution in [2.45, 2.75) is 26.1 Å². The standard InChI is InChI=1S/C18H28O14S4Si/c1-11(19)30-37(31-12(2)20,28-6-13(29-18(24)10-36)3-25-15(21)7-33)32-14(4-26-16(22)8-34)5-27-17(23)9-35/h13-14,33-36H,3-10H2,1-2H3. The fourth-order valence-electron chi connectivity index (χ4n) is 2.06. The summed E-state index contributed by atoms with van der Waals surface area (Å²) in [5.74, 6) is -6.29. The molecule has 0 heterocycles. The van der Waals surface area contributed by atoms with Crippen molar-refractivity contribution in [2.75, 3.05) is 49.4 Å². The quantitative estimate of drug-likeness (QED) is 0.0646. The van der Waals surface area contributed by atoms with Crippen LogP contribution in [0.15, 0.2) is 0 Å². The van der Waals surface area contributed by atoms with Gasteiger partial charge in [-0.2, -0.15) is 50.5 Å². The molecule has 19 heteroatoms. The van der Waals surface area contributed by atoms with Crippen molar-refractivity contribution >= 4 is 95.4 Å². The van der Waals surface area contributed by atoms with E-state index in [1.54, 1.807) is 0 Å². The fourth-order valence-corrected chi connectivity index (χ4v) is 4.37. The van der Waals surface area contributed by atoms with E-state index in [0.29, 0.717) is 0 Å². The number of thiol groups is 4. The lowest BCUT2D eigenvalue weighted by molar-refractivity contribution is -0.168. The van der Waals surface area contributed by atoms with Crippen molar-refractivity contribution in [1.29, 1.82) is 0 Å². The van der Waals surface area contributed by atoms with Gasteiger partial charge in [-0.25, -0.2) is 0 Å². The molecule has 0 aliphatic heterocycles. The third-order valence-corrected chi connectivity index (χ3v) is 6.65. The number of hydrogen-bond donors (Lipinski definition) is 4. The van der Waals surface area contributed by atoms with Gasteiger partial charge in [-0.05, 0) is 0 Å². The van der Waals surface area contributed by atoms with Gasteiger partial charge in [0.1, 0.15) is 25.9 Å². The number of ether oxygens (including phenoxy) is 4. The Morgan fingerprint density at radius 2 is 0.973 bits per heavy atom. The van der Waals surface area contributed by atoms with Gasteiger partial charge in [-0.15, -0.1) is 0 Å². The first kappa shape index (κ1) is 35.4. The molecule has 0 N–H and O–H groups in total. The Kier molecular flexibility index (Phi) is 18.6. The van der Waals surface area contributed by atoms with Crippen LogP contribution < -0.4 is 0 Å². The first-order valence-corrected chi connectivity index (χ1v) is 14.4. The monoisotopic (exact) mass is 624 g/mol. The van der Waals surface area contributed by atoms with E-state index in [4.69, 9.17) is 36.7 Å². The first-order valence-electron chi connectivity index (χ1n) is 10.2. The van der Waals surface area contributed by atoms with Crippen molar-refractivity contribution in [3.63, 3.8) is 0 Å². The van der Waals surface area contributed by atoms with E-state index >= 15 is 0 Å². The molecule has 0 aromatic rings. The molecule has 0 spiro atoms. The molecule has 0 saturated carbocycles. The Bertz CT molecular complexity index is 762. The van der Waals surface area contributed by atoms with Crippen molar-refractivity contribution in [2.24, 2.45) is 0 Å². The summed E-state index contributed by atoms with van der Waals surface area (Å²) in [5, 5.41) is 0. The molecule has 0 radical (unpaired) electrons. The second-order valence-corrected chi connectivity index (χ2v) is 9.73. The SMILES string of the molecule is CC(=O)O[Si](OCC(COC(=O)CS)OC(=O)CS)(OC(C)=O)OC(COC(=O)CS)COC(=O)CS. The van der Waals surface area contributed by atoms with Gasteiger partial charge in [0.15, 0.2) is 6.10 Å². The highest BCUT2D eigenvalue weighted by atomic mass is 32.1. The molecule has 1 unspecified atom stereocenters. The van der Waals surface area contributed by atoms with Crippen LogP contribution in [0.4, 0.5) is 0 Å². The Morgan fingerprint density at radius 1 is 0.595 bits per heavy atom. The molecular weight excluding hydrogens is 597 g/mol. The highest BCUT2D eigenvalue weighted by Crippen LogP contribution is 2.18. The molecule has 37 heavy (non-hydrogen) atoms.